The second-order valence-corrected chi connectivity index (χ2v) is 6.52. The number of hydrogen-bond acceptors (Lipinski definition) is 1. The predicted molar refractivity (Wildman–Crippen MR) is 74.2 cm³/mol. The molecule has 0 aromatic heterocycles. The van der Waals surface area contributed by atoms with Crippen LogP contribution in [-0.2, 0) is 0 Å². The van der Waals surface area contributed by atoms with Crippen LogP contribution in [0.1, 0.15) is 33.1 Å². The lowest BCUT2D eigenvalue weighted by atomic mass is 9.87. The molecule has 1 fully saturated rings. The topological polar surface area (TPSA) is 12.0 Å². The average Bonchev–Trinajstić information content (AvgIpc) is 2.52. The minimum absolute atomic E-state index is 0.367. The fourth-order valence-electron chi connectivity index (χ4n) is 2.39. The second kappa shape index (κ2) is 4.58. The van der Waals surface area contributed by atoms with E-state index < -0.39 is 0 Å². The summed E-state index contributed by atoms with van der Waals surface area (Å²) in [6, 6.07) is 6.47. The van der Waals surface area contributed by atoms with Crippen molar-refractivity contribution in [2.75, 3.05) is 5.32 Å². The van der Waals surface area contributed by atoms with E-state index >= 15 is 0 Å². The maximum atomic E-state index is 6.18. The summed E-state index contributed by atoms with van der Waals surface area (Å²) in [6.45, 7) is 4.65. The molecule has 0 heterocycles. The van der Waals surface area contributed by atoms with Crippen molar-refractivity contribution in [1.82, 2.24) is 0 Å². The highest BCUT2D eigenvalue weighted by molar-refractivity contribution is 9.10. The first-order valence-electron chi connectivity index (χ1n) is 5.71. The highest BCUT2D eigenvalue weighted by Crippen LogP contribution is 2.40. The van der Waals surface area contributed by atoms with Gasteiger partial charge in [0.25, 0.3) is 0 Å². The van der Waals surface area contributed by atoms with Gasteiger partial charge in [-0.1, -0.05) is 47.8 Å². The molecule has 0 amide bonds. The molecule has 0 bridgehead atoms. The molecule has 16 heavy (non-hydrogen) atoms. The summed E-state index contributed by atoms with van der Waals surface area (Å²) < 4.78 is 1.07. The monoisotopic (exact) mass is 301 g/mol. The Labute approximate surface area is 111 Å². The van der Waals surface area contributed by atoms with Crippen molar-refractivity contribution in [3.05, 3.63) is 27.7 Å². The van der Waals surface area contributed by atoms with Gasteiger partial charge in [0.2, 0.25) is 0 Å². The summed E-state index contributed by atoms with van der Waals surface area (Å²) >= 11 is 9.66. The SMILES string of the molecule is CC1(C)CCCC1Nc1cc(Br)ccc1Cl. The Hall–Kier alpha value is -0.210. The highest BCUT2D eigenvalue weighted by atomic mass is 79.9. The molecular weight excluding hydrogens is 286 g/mol. The third-order valence-electron chi connectivity index (χ3n) is 3.52. The van der Waals surface area contributed by atoms with Crippen molar-refractivity contribution in [2.24, 2.45) is 5.41 Å². The molecule has 3 heteroatoms. The molecule has 0 aliphatic heterocycles. The number of benzene rings is 1. The van der Waals surface area contributed by atoms with E-state index in [9.17, 15) is 0 Å². The Bertz CT molecular complexity index is 390. The van der Waals surface area contributed by atoms with E-state index in [1.54, 1.807) is 0 Å². The Morgan fingerprint density at radius 3 is 2.81 bits per heavy atom. The first kappa shape index (κ1) is 12.3. The Morgan fingerprint density at radius 2 is 2.19 bits per heavy atom. The van der Waals surface area contributed by atoms with Crippen LogP contribution >= 0.6 is 27.5 Å². The van der Waals surface area contributed by atoms with Crippen molar-refractivity contribution >= 4 is 33.2 Å². The van der Waals surface area contributed by atoms with E-state index in [1.165, 1.54) is 19.3 Å². The van der Waals surface area contributed by atoms with Gasteiger partial charge in [0.1, 0.15) is 0 Å². The zero-order chi connectivity index (χ0) is 11.8. The van der Waals surface area contributed by atoms with Gasteiger partial charge in [-0.2, -0.15) is 0 Å². The van der Waals surface area contributed by atoms with Crippen molar-refractivity contribution in [1.29, 1.82) is 0 Å². The van der Waals surface area contributed by atoms with Gasteiger partial charge in [0.15, 0.2) is 0 Å². The zero-order valence-corrected chi connectivity index (χ0v) is 12.0. The summed E-state index contributed by atoms with van der Waals surface area (Å²) in [5, 5.41) is 4.38. The van der Waals surface area contributed by atoms with Gasteiger partial charge in [-0.3, -0.25) is 0 Å². The molecular formula is C13H17BrClN. The molecule has 2 rings (SSSR count). The van der Waals surface area contributed by atoms with Crippen molar-refractivity contribution in [3.8, 4) is 0 Å². The van der Waals surface area contributed by atoms with Crippen molar-refractivity contribution in [3.63, 3.8) is 0 Å². The largest absolute Gasteiger partial charge is 0.381 e. The van der Waals surface area contributed by atoms with E-state index in [0.717, 1.165) is 15.2 Å². The first-order chi connectivity index (χ1) is 7.49. The maximum Gasteiger partial charge on any atom is 0.0638 e. The molecule has 1 aliphatic rings. The van der Waals surface area contributed by atoms with Gasteiger partial charge in [-0.25, -0.2) is 0 Å². The fourth-order valence-corrected chi connectivity index (χ4v) is 2.92. The zero-order valence-electron chi connectivity index (χ0n) is 9.69. The number of anilines is 1. The van der Waals surface area contributed by atoms with Crippen molar-refractivity contribution in [2.45, 2.75) is 39.2 Å². The minimum Gasteiger partial charge on any atom is -0.381 e. The van der Waals surface area contributed by atoms with Crippen LogP contribution in [0.15, 0.2) is 22.7 Å². The van der Waals surface area contributed by atoms with Gasteiger partial charge in [0.05, 0.1) is 10.7 Å². The Balaban J connectivity index is 2.17. The molecule has 1 nitrogen and oxygen atoms in total. The molecule has 1 aromatic rings. The van der Waals surface area contributed by atoms with Gasteiger partial charge in [-0.15, -0.1) is 0 Å². The lowest BCUT2D eigenvalue weighted by molar-refractivity contribution is 0.350. The summed E-state index contributed by atoms with van der Waals surface area (Å²) in [5.74, 6) is 0. The van der Waals surface area contributed by atoms with Crippen LogP contribution in [0.25, 0.3) is 0 Å². The van der Waals surface area contributed by atoms with Crippen LogP contribution in [0.3, 0.4) is 0 Å². The third kappa shape index (κ3) is 2.54. The van der Waals surface area contributed by atoms with Gasteiger partial charge < -0.3 is 5.32 Å². The maximum absolute atomic E-state index is 6.18. The van der Waals surface area contributed by atoms with Crippen LogP contribution in [-0.4, -0.2) is 6.04 Å². The Kier molecular flexibility index (Phi) is 3.50. The van der Waals surface area contributed by atoms with Crippen LogP contribution < -0.4 is 5.32 Å². The number of halogens is 2. The van der Waals surface area contributed by atoms with Crippen LogP contribution in [0, 0.1) is 5.41 Å². The molecule has 0 spiro atoms. The van der Waals surface area contributed by atoms with Crippen LogP contribution in [0.5, 0.6) is 0 Å². The van der Waals surface area contributed by atoms with E-state index in [-0.39, 0.29) is 0 Å². The molecule has 88 valence electrons. The molecule has 0 saturated heterocycles. The highest BCUT2D eigenvalue weighted by Gasteiger charge is 2.34. The Morgan fingerprint density at radius 1 is 1.44 bits per heavy atom. The quantitative estimate of drug-likeness (QED) is 0.802. The number of nitrogens with one attached hydrogen (secondary N) is 1. The summed E-state index contributed by atoms with van der Waals surface area (Å²) in [4.78, 5) is 0. The predicted octanol–water partition coefficient (Wildman–Crippen LogP) is 5.09. The molecule has 1 unspecified atom stereocenters. The van der Waals surface area contributed by atoms with Crippen molar-refractivity contribution < 1.29 is 0 Å². The average molecular weight is 303 g/mol. The third-order valence-corrected chi connectivity index (χ3v) is 4.34. The van der Waals surface area contributed by atoms with Crippen LogP contribution in [0.2, 0.25) is 5.02 Å². The summed E-state index contributed by atoms with van der Waals surface area (Å²) in [7, 11) is 0. The van der Waals surface area contributed by atoms with E-state index in [0.29, 0.717) is 11.5 Å². The molecule has 1 aliphatic carbocycles. The van der Waals surface area contributed by atoms with E-state index in [4.69, 9.17) is 11.6 Å². The molecule has 1 atom stereocenters. The van der Waals surface area contributed by atoms with E-state index in [2.05, 4.69) is 41.2 Å². The first-order valence-corrected chi connectivity index (χ1v) is 6.88. The summed E-state index contributed by atoms with van der Waals surface area (Å²) in [6.07, 6.45) is 3.82. The fraction of sp³-hybridized carbons (Fsp3) is 0.538. The normalized spacial score (nSPS) is 23.4. The molecule has 1 saturated carbocycles. The minimum atomic E-state index is 0.367. The van der Waals surface area contributed by atoms with Gasteiger partial charge in [-0.05, 0) is 36.5 Å². The lowest BCUT2D eigenvalue weighted by Gasteiger charge is -2.29. The van der Waals surface area contributed by atoms with Crippen LogP contribution in [0.4, 0.5) is 5.69 Å². The van der Waals surface area contributed by atoms with Gasteiger partial charge >= 0.3 is 0 Å². The smallest absolute Gasteiger partial charge is 0.0638 e. The second-order valence-electron chi connectivity index (χ2n) is 5.20. The molecule has 1 N–H and O–H groups in total. The standard InChI is InChI=1S/C13H17BrClN/c1-13(2)7-3-4-12(13)16-11-8-9(14)5-6-10(11)15/h5-6,8,12,16H,3-4,7H2,1-2H3. The number of rotatable bonds is 2. The summed E-state index contributed by atoms with van der Waals surface area (Å²) in [5.41, 5.74) is 1.40. The molecule has 1 aromatic carbocycles. The van der Waals surface area contributed by atoms with Gasteiger partial charge in [0, 0.05) is 10.5 Å². The van der Waals surface area contributed by atoms with E-state index in [1.807, 2.05) is 12.1 Å². The lowest BCUT2D eigenvalue weighted by Crippen LogP contribution is -2.30. The molecule has 0 radical (unpaired) electrons. The number of hydrogen-bond donors (Lipinski definition) is 1.